The van der Waals surface area contributed by atoms with Crippen molar-refractivity contribution in [2.24, 2.45) is 23.7 Å². The Morgan fingerprint density at radius 1 is 0.805 bits per heavy atom. The van der Waals surface area contributed by atoms with Gasteiger partial charge in [-0.1, -0.05) is 40.8 Å². The number of alkyl halides is 1. The van der Waals surface area contributed by atoms with E-state index in [1.807, 2.05) is 61.5 Å². The van der Waals surface area contributed by atoms with Gasteiger partial charge in [-0.3, -0.25) is 4.79 Å². The van der Waals surface area contributed by atoms with E-state index in [0.29, 0.717) is 23.3 Å². The average Bonchev–Trinajstić information content (AvgIpc) is 2.97. The fourth-order valence-corrected chi connectivity index (χ4v) is 9.37. The number of carbonyl (C=O) groups excluding carboxylic acids is 2. The van der Waals surface area contributed by atoms with E-state index in [-0.39, 0.29) is 39.0 Å². The standard InChI is InChI=1S/C34H36IO5S/c1-22(35)33(37)39-28-10-14-31(15-11-28)41(29-6-4-3-5-7-29)30-12-8-27(9-13-30)38-21-32(36)40-34(2)25-17-23-16-24(19-25)20-26(34)18-23/h3-15,22-26H,16-21H2,1-2H3/q+1. The summed E-state index contributed by atoms with van der Waals surface area (Å²) >= 11 is 2.05. The number of hydrogen-bond donors (Lipinski definition) is 0. The van der Waals surface area contributed by atoms with Crippen molar-refractivity contribution >= 4 is 45.4 Å². The lowest BCUT2D eigenvalue weighted by Gasteiger charge is -2.59. The molecule has 0 amide bonds. The van der Waals surface area contributed by atoms with Crippen LogP contribution in [0.3, 0.4) is 0 Å². The number of carbonyl (C=O) groups is 2. The lowest BCUT2D eigenvalue weighted by Crippen LogP contribution is -2.58. The number of halogens is 1. The van der Waals surface area contributed by atoms with Gasteiger partial charge in [0.15, 0.2) is 21.3 Å². The summed E-state index contributed by atoms with van der Waals surface area (Å²) in [6, 6.07) is 26.0. The predicted molar refractivity (Wildman–Crippen MR) is 168 cm³/mol. The Morgan fingerprint density at radius 2 is 1.32 bits per heavy atom. The molecule has 4 bridgehead atoms. The highest BCUT2D eigenvalue weighted by molar-refractivity contribution is 14.1. The van der Waals surface area contributed by atoms with Crippen LogP contribution in [0, 0.1) is 23.7 Å². The number of esters is 2. The zero-order valence-electron chi connectivity index (χ0n) is 23.5. The molecule has 0 aliphatic heterocycles. The summed E-state index contributed by atoms with van der Waals surface area (Å²) in [5, 5.41) is 0. The minimum atomic E-state index is -0.367. The summed E-state index contributed by atoms with van der Waals surface area (Å²) in [5.74, 6) is 3.31. The third kappa shape index (κ3) is 6.17. The van der Waals surface area contributed by atoms with E-state index < -0.39 is 0 Å². The molecule has 2 unspecified atom stereocenters. The molecule has 0 heterocycles. The highest BCUT2D eigenvalue weighted by Gasteiger charge is 2.57. The van der Waals surface area contributed by atoms with Crippen LogP contribution in [0.4, 0.5) is 0 Å². The van der Waals surface area contributed by atoms with Crippen molar-refractivity contribution in [3.8, 4) is 11.5 Å². The lowest BCUT2D eigenvalue weighted by molar-refractivity contribution is -0.204. The van der Waals surface area contributed by atoms with Gasteiger partial charge in [0.25, 0.3) is 0 Å². The molecule has 4 aliphatic rings. The summed E-state index contributed by atoms with van der Waals surface area (Å²) < 4.78 is 17.3. The normalized spacial score (nSPS) is 27.6. The summed E-state index contributed by atoms with van der Waals surface area (Å²) in [5.41, 5.74) is -0.343. The maximum Gasteiger partial charge on any atom is 0.344 e. The molecule has 0 saturated heterocycles. The van der Waals surface area contributed by atoms with Crippen molar-refractivity contribution in [1.29, 1.82) is 0 Å². The molecule has 7 rings (SSSR count). The number of benzene rings is 3. The van der Waals surface area contributed by atoms with Crippen molar-refractivity contribution < 1.29 is 23.8 Å². The van der Waals surface area contributed by atoms with Gasteiger partial charge in [-0.2, -0.15) is 0 Å². The van der Waals surface area contributed by atoms with E-state index >= 15 is 0 Å². The lowest BCUT2D eigenvalue weighted by atomic mass is 9.50. The fourth-order valence-electron chi connectivity index (χ4n) is 7.18. The van der Waals surface area contributed by atoms with E-state index in [1.165, 1.54) is 37.0 Å². The molecule has 4 fully saturated rings. The zero-order valence-corrected chi connectivity index (χ0v) is 26.4. The summed E-state index contributed by atoms with van der Waals surface area (Å²) in [6.07, 6.45) is 6.19. The maximum atomic E-state index is 12.9. The molecule has 214 valence electrons. The number of hydrogen-bond acceptors (Lipinski definition) is 5. The highest BCUT2D eigenvalue weighted by atomic mass is 127. The van der Waals surface area contributed by atoms with Gasteiger partial charge in [-0.25, -0.2) is 4.79 Å². The van der Waals surface area contributed by atoms with E-state index in [4.69, 9.17) is 14.2 Å². The quantitative estimate of drug-likeness (QED) is 0.0763. The molecule has 3 aromatic rings. The minimum Gasteiger partial charge on any atom is -0.482 e. The van der Waals surface area contributed by atoms with Gasteiger partial charge in [0, 0.05) is 0 Å². The van der Waals surface area contributed by atoms with E-state index in [9.17, 15) is 9.59 Å². The third-order valence-electron chi connectivity index (χ3n) is 9.09. The molecule has 4 aliphatic carbocycles. The van der Waals surface area contributed by atoms with Gasteiger partial charge in [-0.05, 0) is 130 Å². The Bertz CT molecular complexity index is 1340. The van der Waals surface area contributed by atoms with E-state index in [1.54, 1.807) is 0 Å². The summed E-state index contributed by atoms with van der Waals surface area (Å²) in [7, 11) is -0.367. The predicted octanol–water partition coefficient (Wildman–Crippen LogP) is 7.65. The molecule has 5 nitrogen and oxygen atoms in total. The monoisotopic (exact) mass is 683 g/mol. The molecule has 2 atom stereocenters. The van der Waals surface area contributed by atoms with Crippen LogP contribution in [0.15, 0.2) is 93.5 Å². The van der Waals surface area contributed by atoms with Crippen molar-refractivity contribution in [3.05, 3.63) is 78.9 Å². The molecule has 41 heavy (non-hydrogen) atoms. The van der Waals surface area contributed by atoms with E-state index in [0.717, 1.165) is 21.6 Å². The van der Waals surface area contributed by atoms with Crippen molar-refractivity contribution in [1.82, 2.24) is 0 Å². The molecule has 0 spiro atoms. The van der Waals surface area contributed by atoms with Crippen molar-refractivity contribution in [3.63, 3.8) is 0 Å². The molecule has 0 aromatic heterocycles. The van der Waals surface area contributed by atoms with Gasteiger partial charge in [0.1, 0.15) is 21.0 Å². The largest absolute Gasteiger partial charge is 0.482 e. The van der Waals surface area contributed by atoms with E-state index in [2.05, 4.69) is 53.8 Å². The first-order valence-corrected chi connectivity index (χ1v) is 17.0. The molecule has 0 N–H and O–H groups in total. The van der Waals surface area contributed by atoms with Crippen LogP contribution in [0.5, 0.6) is 11.5 Å². The highest BCUT2D eigenvalue weighted by Crippen LogP contribution is 2.59. The Balaban J connectivity index is 1.12. The summed E-state index contributed by atoms with van der Waals surface area (Å²) in [4.78, 5) is 28.3. The van der Waals surface area contributed by atoms with Crippen LogP contribution in [0.25, 0.3) is 0 Å². The second-order valence-corrected chi connectivity index (χ2v) is 15.7. The number of rotatable bonds is 9. The summed E-state index contributed by atoms with van der Waals surface area (Å²) in [6.45, 7) is 3.89. The molecule has 4 saturated carbocycles. The smallest absolute Gasteiger partial charge is 0.344 e. The average molecular weight is 684 g/mol. The van der Waals surface area contributed by atoms with Crippen LogP contribution in [-0.4, -0.2) is 28.1 Å². The van der Waals surface area contributed by atoms with Gasteiger partial charge in [0.2, 0.25) is 0 Å². The minimum absolute atomic E-state index is 0.0817. The molecule has 3 aromatic carbocycles. The van der Waals surface area contributed by atoms with Crippen LogP contribution < -0.4 is 9.47 Å². The Kier molecular flexibility index (Phi) is 8.37. The molecular formula is C34H36IO5S+. The Hall–Kier alpha value is -2.52. The van der Waals surface area contributed by atoms with Gasteiger partial charge < -0.3 is 14.2 Å². The second kappa shape index (κ2) is 12.0. The topological polar surface area (TPSA) is 61.8 Å². The maximum absolute atomic E-state index is 12.9. The number of ether oxygens (including phenoxy) is 3. The van der Waals surface area contributed by atoms with Crippen molar-refractivity contribution in [2.75, 3.05) is 6.61 Å². The first-order valence-electron chi connectivity index (χ1n) is 14.5. The third-order valence-corrected chi connectivity index (χ3v) is 11.8. The van der Waals surface area contributed by atoms with Gasteiger partial charge in [0.05, 0.1) is 10.9 Å². The fraction of sp³-hybridized carbons (Fsp3) is 0.412. The Labute approximate surface area is 258 Å². The van der Waals surface area contributed by atoms with Gasteiger partial charge in [-0.15, -0.1) is 0 Å². The molecule has 0 radical (unpaired) electrons. The van der Waals surface area contributed by atoms with Crippen LogP contribution >= 0.6 is 22.6 Å². The SMILES string of the molecule is CC(I)C(=O)Oc1ccc([S+](c2ccccc2)c2ccc(OCC(=O)OC3(C)C4CC5CC(C4)CC3C5)cc2)cc1. The first kappa shape index (κ1) is 28.6. The zero-order chi connectivity index (χ0) is 28.6. The van der Waals surface area contributed by atoms with Crippen LogP contribution in [0.1, 0.15) is 46.0 Å². The van der Waals surface area contributed by atoms with Crippen LogP contribution in [0.2, 0.25) is 0 Å². The van der Waals surface area contributed by atoms with Crippen LogP contribution in [-0.2, 0) is 25.2 Å². The second-order valence-electron chi connectivity index (χ2n) is 11.9. The first-order chi connectivity index (χ1) is 19.8. The Morgan fingerprint density at radius 3 is 1.85 bits per heavy atom. The van der Waals surface area contributed by atoms with Crippen molar-refractivity contribution in [2.45, 2.75) is 70.2 Å². The molecular weight excluding hydrogens is 647 g/mol. The van der Waals surface area contributed by atoms with Gasteiger partial charge >= 0.3 is 11.9 Å². The molecule has 7 heteroatoms.